The minimum absolute atomic E-state index is 0.0109. The molecule has 0 amide bonds. The lowest BCUT2D eigenvalue weighted by Gasteiger charge is -2.38. The SMILES string of the molecule is c1ccc(-c2cc(-c3cc4c5c(c3)Oc3cccc6c3B5c3c(cccc3O4)O6)cc(-c3cccc4c3Cc3c(-c5ccccc5)cccc3-4)c2)cc1.c1ccc(-c2cccc3c2Cc2c(-c4ccc(-c5cc6c7c(c5)Oc5cccc8c5B7c5c(cccc5O6)C8)cc4)cccc2-3)cc1. The molecule has 6 aliphatic heterocycles. The number of fused-ring (bicyclic) bond motifs is 6. The van der Waals surface area contributed by atoms with Gasteiger partial charge in [0.05, 0.1) is 0 Å². The first-order chi connectivity index (χ1) is 49.5. The Morgan fingerprint density at radius 2 is 0.430 bits per heavy atom. The van der Waals surface area contributed by atoms with Gasteiger partial charge >= 0.3 is 0 Å². The van der Waals surface area contributed by atoms with Crippen molar-refractivity contribution in [3.8, 4) is 158 Å². The summed E-state index contributed by atoms with van der Waals surface area (Å²) in [6.45, 7) is 0.139. The second-order valence-corrected chi connectivity index (χ2v) is 27.5. The normalized spacial score (nSPS) is 13.4. The minimum Gasteiger partial charge on any atom is -0.458 e. The first kappa shape index (κ1) is 55.6. The lowest BCUT2D eigenvalue weighted by atomic mass is 9.31. The fourth-order valence-corrected chi connectivity index (χ4v) is 17.8. The zero-order valence-corrected chi connectivity index (χ0v) is 54.2. The molecule has 15 aromatic carbocycles. The third kappa shape index (κ3) is 8.39. The van der Waals surface area contributed by atoms with Crippen LogP contribution >= 0.6 is 0 Å². The van der Waals surface area contributed by atoms with E-state index in [0.717, 1.165) is 121 Å². The van der Waals surface area contributed by atoms with Crippen molar-refractivity contribution in [1.29, 1.82) is 0 Å². The van der Waals surface area contributed by atoms with Crippen molar-refractivity contribution in [1.82, 2.24) is 0 Å². The number of hydrogen-bond donors (Lipinski definition) is 0. The van der Waals surface area contributed by atoms with Crippen LogP contribution in [0.2, 0.25) is 0 Å². The Morgan fingerprint density at radius 1 is 0.170 bits per heavy atom. The molecule has 6 heterocycles. The van der Waals surface area contributed by atoms with E-state index in [1.54, 1.807) is 0 Å². The van der Waals surface area contributed by atoms with Crippen LogP contribution in [0.25, 0.3) is 100 Å². The third-order valence-electron chi connectivity index (χ3n) is 22.2. The second kappa shape index (κ2) is 21.5. The highest BCUT2D eigenvalue weighted by atomic mass is 16.5. The van der Waals surface area contributed by atoms with Crippen molar-refractivity contribution in [3.63, 3.8) is 0 Å². The van der Waals surface area contributed by atoms with E-state index < -0.39 is 0 Å². The van der Waals surface area contributed by atoms with E-state index in [4.69, 9.17) is 23.7 Å². The Bertz CT molecular complexity index is 5890. The molecule has 0 saturated carbocycles. The summed E-state index contributed by atoms with van der Waals surface area (Å²) in [6.07, 6.45) is 2.73. The highest BCUT2D eigenvalue weighted by molar-refractivity contribution is 7.00. The van der Waals surface area contributed by atoms with Gasteiger partial charge in [0.25, 0.3) is 13.4 Å². The zero-order valence-electron chi connectivity index (χ0n) is 54.2. The van der Waals surface area contributed by atoms with Gasteiger partial charge in [0.2, 0.25) is 0 Å². The fourth-order valence-electron chi connectivity index (χ4n) is 17.8. The maximum Gasteiger partial charge on any atom is 0.270 e. The van der Waals surface area contributed by atoms with E-state index in [1.807, 2.05) is 36.4 Å². The Labute approximate surface area is 579 Å². The molecule has 0 aromatic heterocycles. The summed E-state index contributed by atoms with van der Waals surface area (Å²) < 4.78 is 33.1. The van der Waals surface area contributed by atoms with Crippen molar-refractivity contribution < 1.29 is 23.7 Å². The van der Waals surface area contributed by atoms with Crippen molar-refractivity contribution in [2.75, 3.05) is 0 Å². The van der Waals surface area contributed by atoms with Crippen LogP contribution in [0, 0.1) is 0 Å². The van der Waals surface area contributed by atoms with E-state index in [2.05, 4.69) is 267 Å². The molecule has 464 valence electrons. The predicted molar refractivity (Wildman–Crippen MR) is 406 cm³/mol. The van der Waals surface area contributed by atoms with E-state index in [-0.39, 0.29) is 13.4 Å². The average molecular weight is 1280 g/mol. The predicted octanol–water partition coefficient (Wildman–Crippen LogP) is 19.6. The van der Waals surface area contributed by atoms with Crippen LogP contribution in [0.4, 0.5) is 0 Å². The Balaban J connectivity index is 0.000000128. The molecule has 15 aromatic rings. The van der Waals surface area contributed by atoms with Crippen LogP contribution in [0.15, 0.2) is 303 Å². The van der Waals surface area contributed by atoms with Crippen LogP contribution in [-0.2, 0) is 19.3 Å². The summed E-state index contributed by atoms with van der Waals surface area (Å²) in [5.74, 6) is 8.72. The molecule has 0 saturated heterocycles. The third-order valence-corrected chi connectivity index (χ3v) is 22.2. The molecule has 0 fully saturated rings. The summed E-state index contributed by atoms with van der Waals surface area (Å²) >= 11 is 0. The average Bonchev–Trinajstić information content (AvgIpc) is 0.982. The monoisotopic (exact) mass is 1270 g/mol. The molecule has 0 radical (unpaired) electrons. The van der Waals surface area contributed by atoms with Gasteiger partial charge in [0, 0.05) is 21.9 Å². The van der Waals surface area contributed by atoms with Gasteiger partial charge in [0.1, 0.15) is 57.5 Å². The van der Waals surface area contributed by atoms with Crippen molar-refractivity contribution in [2.45, 2.75) is 19.3 Å². The Hall–Kier alpha value is -12.6. The molecule has 2 aliphatic carbocycles. The van der Waals surface area contributed by atoms with Gasteiger partial charge in [-0.2, -0.15) is 0 Å². The minimum atomic E-state index is -0.0109. The highest BCUT2D eigenvalue weighted by Crippen LogP contribution is 2.51. The zero-order chi connectivity index (χ0) is 65.3. The van der Waals surface area contributed by atoms with Crippen LogP contribution in [0.5, 0.6) is 57.5 Å². The fraction of sp³-hybridized carbons (Fsp3) is 0.0323. The Kier molecular flexibility index (Phi) is 11.9. The molecular weight excluding hydrogens is 1220 g/mol. The van der Waals surface area contributed by atoms with Gasteiger partial charge in [-0.15, -0.1) is 0 Å². The second-order valence-electron chi connectivity index (χ2n) is 27.5. The van der Waals surface area contributed by atoms with E-state index in [1.165, 1.54) is 122 Å². The summed E-state index contributed by atoms with van der Waals surface area (Å²) in [7, 11) is 0. The number of benzene rings is 15. The molecule has 23 rings (SSSR count). The standard InChI is InChI=1S/C49H29BO3.C44H27BO2/c1-3-11-29(12-4-1)31-23-32(25-34(24-31)36-16-8-18-38-37-17-7-15-35(39(37)28-40(36)38)30-13-5-2-6-14-30)33-26-45-49-46(27-33)53-44-22-10-20-42-48(44)50(49)47-41(51-42)19-9-21-43(47)52-45;1-2-8-27(9-3-1)32-12-6-14-34-35-15-7-13-33(37(35)25-36(32)34)28-20-18-26(19-21-28)31-23-40-44-41(24-31)47-39-17-5-11-30-22-29-10-4-16-38(46-40)42(29)45(44)43(30)39/h1-27H,28H2;1-21,23-24H,22,25H2. The van der Waals surface area contributed by atoms with Crippen molar-refractivity contribution in [3.05, 3.63) is 337 Å². The van der Waals surface area contributed by atoms with Gasteiger partial charge in [0.15, 0.2) is 0 Å². The van der Waals surface area contributed by atoms with Gasteiger partial charge in [-0.05, 0) is 243 Å². The van der Waals surface area contributed by atoms with E-state index in [0.29, 0.717) is 0 Å². The van der Waals surface area contributed by atoms with Gasteiger partial charge in [-0.25, -0.2) is 0 Å². The molecule has 0 spiro atoms. The number of hydrogen-bond acceptors (Lipinski definition) is 5. The topological polar surface area (TPSA) is 46.2 Å². The molecule has 8 aliphatic rings. The van der Waals surface area contributed by atoms with Gasteiger partial charge < -0.3 is 23.7 Å². The first-order valence-electron chi connectivity index (χ1n) is 34.7. The Morgan fingerprint density at radius 3 is 0.850 bits per heavy atom. The largest absolute Gasteiger partial charge is 0.458 e. The molecule has 0 unspecified atom stereocenters. The smallest absolute Gasteiger partial charge is 0.270 e. The van der Waals surface area contributed by atoms with Crippen LogP contribution < -0.4 is 56.5 Å². The van der Waals surface area contributed by atoms with E-state index in [9.17, 15) is 0 Å². The molecule has 0 bridgehead atoms. The summed E-state index contributed by atoms with van der Waals surface area (Å²) in [5.41, 5.74) is 37.4. The summed E-state index contributed by atoms with van der Waals surface area (Å²) in [5, 5.41) is 0. The van der Waals surface area contributed by atoms with Crippen molar-refractivity contribution >= 4 is 46.2 Å². The molecular formula is C93H56B2O5. The summed E-state index contributed by atoms with van der Waals surface area (Å²) in [6, 6.07) is 109. The number of rotatable bonds is 7. The maximum atomic E-state index is 6.73. The quantitative estimate of drug-likeness (QED) is 0.149. The van der Waals surface area contributed by atoms with Gasteiger partial charge in [-0.1, -0.05) is 224 Å². The van der Waals surface area contributed by atoms with Crippen LogP contribution in [0.1, 0.15) is 33.4 Å². The molecule has 100 heavy (non-hydrogen) atoms. The molecule has 7 heteroatoms. The molecule has 5 nitrogen and oxygen atoms in total. The first-order valence-corrected chi connectivity index (χ1v) is 34.7. The highest BCUT2D eigenvalue weighted by Gasteiger charge is 2.48. The van der Waals surface area contributed by atoms with Crippen LogP contribution in [0.3, 0.4) is 0 Å². The maximum absolute atomic E-state index is 6.73. The van der Waals surface area contributed by atoms with E-state index >= 15 is 0 Å². The number of ether oxygens (including phenoxy) is 5. The van der Waals surface area contributed by atoms with Crippen LogP contribution in [-0.4, -0.2) is 13.4 Å². The lowest BCUT2D eigenvalue weighted by molar-refractivity contribution is 0.443. The van der Waals surface area contributed by atoms with Crippen molar-refractivity contribution in [2.24, 2.45) is 0 Å². The molecule has 0 atom stereocenters. The lowest BCUT2D eigenvalue weighted by Crippen LogP contribution is -2.61. The summed E-state index contributed by atoms with van der Waals surface area (Å²) in [4.78, 5) is 0. The van der Waals surface area contributed by atoms with Gasteiger partial charge in [-0.3, -0.25) is 0 Å². The molecule has 0 N–H and O–H groups in total.